The molecule has 0 fully saturated rings. The molecule has 0 aliphatic carbocycles. The largest absolute Gasteiger partial charge is 0.396 e. The molecule has 1 rings (SSSR count). The van der Waals surface area contributed by atoms with Crippen molar-refractivity contribution in [1.29, 1.82) is 0 Å². The molecule has 1 aromatic heterocycles. The van der Waals surface area contributed by atoms with Gasteiger partial charge in [0.15, 0.2) is 0 Å². The minimum absolute atomic E-state index is 0.265. The Hall–Kier alpha value is -0.900. The van der Waals surface area contributed by atoms with E-state index < -0.39 is 0 Å². The van der Waals surface area contributed by atoms with Crippen LogP contribution in [-0.4, -0.2) is 26.5 Å². The van der Waals surface area contributed by atoms with Crippen molar-refractivity contribution in [3.05, 3.63) is 12.7 Å². The molecule has 1 unspecified atom stereocenters. The molecule has 0 bridgehead atoms. The molecule has 1 N–H and O–H groups in total. The van der Waals surface area contributed by atoms with Crippen LogP contribution in [0.15, 0.2) is 12.7 Å². The summed E-state index contributed by atoms with van der Waals surface area (Å²) in [6, 6.07) is 0. The second kappa shape index (κ2) is 4.87. The van der Waals surface area contributed by atoms with E-state index >= 15 is 0 Å². The fourth-order valence-electron chi connectivity index (χ4n) is 1.22. The molecule has 0 aliphatic rings. The Morgan fingerprint density at radius 2 is 2.08 bits per heavy atom. The van der Waals surface area contributed by atoms with E-state index in [9.17, 15) is 0 Å². The van der Waals surface area contributed by atoms with E-state index in [1.54, 1.807) is 12.7 Å². The summed E-state index contributed by atoms with van der Waals surface area (Å²) in [6.07, 6.45) is 5.35. The number of aliphatic hydroxyl groups is 1. The molecule has 0 amide bonds. The molecule has 0 saturated carbocycles. The predicted octanol–water partition coefficient (Wildman–Crippen LogP) is 0.687. The van der Waals surface area contributed by atoms with Gasteiger partial charge in [-0.05, 0) is 12.3 Å². The van der Waals surface area contributed by atoms with Crippen LogP contribution in [0.25, 0.3) is 0 Å². The molecule has 68 valence electrons. The summed E-state index contributed by atoms with van der Waals surface area (Å²) in [5.74, 6) is 0.533. The van der Waals surface area contributed by atoms with Crippen molar-refractivity contribution < 1.29 is 5.11 Å². The van der Waals surface area contributed by atoms with Gasteiger partial charge in [-0.25, -0.2) is 0 Å². The monoisotopic (exact) mass is 169 g/mol. The summed E-state index contributed by atoms with van der Waals surface area (Å²) < 4.78 is 1.95. The first-order chi connectivity index (χ1) is 5.86. The number of aliphatic hydroxyl groups excluding tert-OH is 1. The molecule has 0 spiro atoms. The van der Waals surface area contributed by atoms with Gasteiger partial charge in [0.05, 0.1) is 0 Å². The molecular weight excluding hydrogens is 154 g/mol. The smallest absolute Gasteiger partial charge is 0.119 e. The van der Waals surface area contributed by atoms with Crippen molar-refractivity contribution in [3.63, 3.8) is 0 Å². The maximum absolute atomic E-state index is 8.76. The minimum atomic E-state index is 0.265. The highest BCUT2D eigenvalue weighted by Crippen LogP contribution is 2.09. The van der Waals surface area contributed by atoms with E-state index in [1.807, 2.05) is 4.57 Å². The molecule has 12 heavy (non-hydrogen) atoms. The minimum Gasteiger partial charge on any atom is -0.396 e. The molecule has 1 aromatic rings. The lowest BCUT2D eigenvalue weighted by Gasteiger charge is -2.12. The Balaban J connectivity index is 2.37. The van der Waals surface area contributed by atoms with E-state index in [1.165, 1.54) is 0 Å². The Labute approximate surface area is 72.2 Å². The highest BCUT2D eigenvalue weighted by Gasteiger charge is 2.05. The second-order valence-corrected chi connectivity index (χ2v) is 2.95. The van der Waals surface area contributed by atoms with Crippen molar-refractivity contribution in [2.75, 3.05) is 6.61 Å². The first-order valence-electron chi connectivity index (χ1n) is 4.30. The van der Waals surface area contributed by atoms with Crippen LogP contribution in [0.2, 0.25) is 0 Å². The molecule has 1 atom stereocenters. The third-order valence-corrected chi connectivity index (χ3v) is 2.05. The van der Waals surface area contributed by atoms with Gasteiger partial charge in [-0.1, -0.05) is 13.3 Å². The third kappa shape index (κ3) is 2.62. The fourth-order valence-corrected chi connectivity index (χ4v) is 1.22. The van der Waals surface area contributed by atoms with Crippen LogP contribution in [0.1, 0.15) is 19.8 Å². The third-order valence-electron chi connectivity index (χ3n) is 2.05. The van der Waals surface area contributed by atoms with Crippen LogP contribution in [-0.2, 0) is 6.54 Å². The molecule has 0 radical (unpaired) electrons. The first kappa shape index (κ1) is 9.19. The van der Waals surface area contributed by atoms with Crippen molar-refractivity contribution in [1.82, 2.24) is 14.8 Å². The summed E-state index contributed by atoms with van der Waals surface area (Å²) in [6.45, 7) is 3.30. The van der Waals surface area contributed by atoms with Gasteiger partial charge < -0.3 is 9.67 Å². The Morgan fingerprint density at radius 1 is 1.42 bits per heavy atom. The lowest BCUT2D eigenvalue weighted by atomic mass is 10.0. The number of hydrogen-bond donors (Lipinski definition) is 1. The van der Waals surface area contributed by atoms with Gasteiger partial charge in [-0.15, -0.1) is 10.2 Å². The molecule has 0 aromatic carbocycles. The van der Waals surface area contributed by atoms with E-state index in [2.05, 4.69) is 17.1 Å². The summed E-state index contributed by atoms with van der Waals surface area (Å²) >= 11 is 0. The normalized spacial score (nSPS) is 13.2. The van der Waals surface area contributed by atoms with Gasteiger partial charge in [0.2, 0.25) is 0 Å². The zero-order valence-electron chi connectivity index (χ0n) is 7.35. The summed E-state index contributed by atoms with van der Waals surface area (Å²) in [5, 5.41) is 16.2. The standard InChI is InChI=1S/C8H15N3O/c1-2-8(3-4-12)5-11-6-9-10-7-11/h6-8,12H,2-5H2,1H3. The van der Waals surface area contributed by atoms with E-state index in [4.69, 9.17) is 5.11 Å². The van der Waals surface area contributed by atoms with Crippen LogP contribution >= 0.6 is 0 Å². The van der Waals surface area contributed by atoms with Crippen molar-refractivity contribution in [2.45, 2.75) is 26.3 Å². The Morgan fingerprint density at radius 3 is 2.58 bits per heavy atom. The van der Waals surface area contributed by atoms with Crippen molar-refractivity contribution >= 4 is 0 Å². The SMILES string of the molecule is CCC(CCO)Cn1cnnc1. The van der Waals surface area contributed by atoms with Crippen LogP contribution in [0, 0.1) is 5.92 Å². The molecular formula is C8H15N3O. The Bertz CT molecular complexity index is 198. The number of rotatable bonds is 5. The average molecular weight is 169 g/mol. The highest BCUT2D eigenvalue weighted by molar-refractivity contribution is 4.64. The summed E-state index contributed by atoms with van der Waals surface area (Å²) in [4.78, 5) is 0. The number of nitrogens with zero attached hydrogens (tertiary/aromatic N) is 3. The van der Waals surface area contributed by atoms with Crippen LogP contribution in [0.4, 0.5) is 0 Å². The molecule has 0 aliphatic heterocycles. The van der Waals surface area contributed by atoms with Gasteiger partial charge in [-0.3, -0.25) is 0 Å². The molecule has 1 heterocycles. The second-order valence-electron chi connectivity index (χ2n) is 2.95. The van der Waals surface area contributed by atoms with E-state index in [0.29, 0.717) is 5.92 Å². The molecule has 0 saturated heterocycles. The van der Waals surface area contributed by atoms with Crippen molar-refractivity contribution in [2.24, 2.45) is 5.92 Å². The lowest BCUT2D eigenvalue weighted by Crippen LogP contribution is -2.10. The summed E-state index contributed by atoms with van der Waals surface area (Å²) in [7, 11) is 0. The Kier molecular flexibility index (Phi) is 3.73. The van der Waals surface area contributed by atoms with Gasteiger partial charge in [-0.2, -0.15) is 0 Å². The quantitative estimate of drug-likeness (QED) is 0.705. The van der Waals surface area contributed by atoms with Crippen LogP contribution < -0.4 is 0 Å². The van der Waals surface area contributed by atoms with Crippen LogP contribution in [0.5, 0.6) is 0 Å². The van der Waals surface area contributed by atoms with Crippen LogP contribution in [0.3, 0.4) is 0 Å². The van der Waals surface area contributed by atoms with E-state index in [-0.39, 0.29) is 6.61 Å². The molecule has 4 heteroatoms. The van der Waals surface area contributed by atoms with Gasteiger partial charge in [0, 0.05) is 13.2 Å². The number of aromatic nitrogens is 3. The lowest BCUT2D eigenvalue weighted by molar-refractivity contribution is 0.243. The zero-order chi connectivity index (χ0) is 8.81. The maximum atomic E-state index is 8.76. The van der Waals surface area contributed by atoms with Gasteiger partial charge in [0.1, 0.15) is 12.7 Å². The average Bonchev–Trinajstić information content (AvgIpc) is 2.56. The highest BCUT2D eigenvalue weighted by atomic mass is 16.3. The van der Waals surface area contributed by atoms with E-state index in [0.717, 1.165) is 19.4 Å². The first-order valence-corrected chi connectivity index (χ1v) is 4.30. The zero-order valence-corrected chi connectivity index (χ0v) is 7.35. The summed E-state index contributed by atoms with van der Waals surface area (Å²) in [5.41, 5.74) is 0. The van der Waals surface area contributed by atoms with Gasteiger partial charge in [0.25, 0.3) is 0 Å². The van der Waals surface area contributed by atoms with Crippen molar-refractivity contribution in [3.8, 4) is 0 Å². The number of hydrogen-bond acceptors (Lipinski definition) is 3. The molecule has 4 nitrogen and oxygen atoms in total. The topological polar surface area (TPSA) is 50.9 Å². The van der Waals surface area contributed by atoms with Gasteiger partial charge >= 0.3 is 0 Å². The fraction of sp³-hybridized carbons (Fsp3) is 0.750. The predicted molar refractivity (Wildman–Crippen MR) is 45.5 cm³/mol. The maximum Gasteiger partial charge on any atom is 0.119 e.